The molecule has 0 aliphatic carbocycles. The molecule has 3 rings (SSSR count). The molecule has 1 amide bonds. The molecule has 0 fully saturated rings. The predicted molar refractivity (Wildman–Crippen MR) is 125 cm³/mol. The number of ether oxygens (including phenoxy) is 1. The van der Waals surface area contributed by atoms with Crippen molar-refractivity contribution in [3.63, 3.8) is 0 Å². The molecule has 0 spiro atoms. The average Bonchev–Trinajstić information content (AvgIpc) is 3.11. The monoisotopic (exact) mass is 455 g/mol. The first kappa shape index (κ1) is 23.6. The Labute approximate surface area is 190 Å². The van der Waals surface area contributed by atoms with E-state index < -0.39 is 17.7 Å². The molecule has 2 aromatic heterocycles. The number of aromatic nitrogens is 1. The molecule has 0 radical (unpaired) electrons. The molecule has 0 aliphatic rings. The van der Waals surface area contributed by atoms with Gasteiger partial charge in [0.15, 0.2) is 0 Å². The van der Waals surface area contributed by atoms with Crippen LogP contribution in [0.25, 0.3) is 10.2 Å². The number of nitrogens with zero attached hydrogens (tertiary/aromatic N) is 2. The van der Waals surface area contributed by atoms with E-state index in [0.717, 1.165) is 35.7 Å². The van der Waals surface area contributed by atoms with Crippen LogP contribution in [-0.4, -0.2) is 42.0 Å². The number of thiophene rings is 1. The Bertz CT molecular complexity index is 1160. The third-order valence-corrected chi connectivity index (χ3v) is 5.96. The summed E-state index contributed by atoms with van der Waals surface area (Å²) in [7, 11) is 1.28. The number of pyridine rings is 1. The number of carbonyl (C=O) groups excluding carboxylic acids is 2. The van der Waals surface area contributed by atoms with Crippen LogP contribution in [0.3, 0.4) is 0 Å². The van der Waals surface area contributed by atoms with Crippen molar-refractivity contribution in [1.29, 1.82) is 0 Å². The molecule has 0 saturated carbocycles. The maximum Gasteiger partial charge on any atom is 0.350 e. The first-order valence-electron chi connectivity index (χ1n) is 10.2. The third kappa shape index (κ3) is 5.57. The van der Waals surface area contributed by atoms with E-state index in [4.69, 9.17) is 9.72 Å². The SMILES string of the molecule is C=C(C)CN(CC)Cc1ccc2c(NC(=O)Cc3ccccc3F)c(C(=O)OC)sc2n1. The molecule has 0 bridgehead atoms. The average molecular weight is 456 g/mol. The van der Waals surface area contributed by atoms with E-state index in [1.165, 1.54) is 13.2 Å². The molecular formula is C24H26FN3O3S. The number of methoxy groups -OCH3 is 1. The molecule has 0 unspecified atom stereocenters. The van der Waals surface area contributed by atoms with Crippen LogP contribution >= 0.6 is 11.3 Å². The van der Waals surface area contributed by atoms with Gasteiger partial charge < -0.3 is 10.1 Å². The van der Waals surface area contributed by atoms with Crippen molar-refractivity contribution in [2.75, 3.05) is 25.5 Å². The fraction of sp³-hybridized carbons (Fsp3) is 0.292. The van der Waals surface area contributed by atoms with E-state index >= 15 is 0 Å². The van der Waals surface area contributed by atoms with E-state index in [-0.39, 0.29) is 16.9 Å². The van der Waals surface area contributed by atoms with Crippen molar-refractivity contribution in [1.82, 2.24) is 9.88 Å². The molecule has 0 aliphatic heterocycles. The number of halogens is 1. The molecule has 2 heterocycles. The second kappa shape index (κ2) is 10.5. The van der Waals surface area contributed by atoms with Gasteiger partial charge in [0.05, 0.1) is 24.9 Å². The molecule has 168 valence electrons. The first-order valence-corrected chi connectivity index (χ1v) is 11.0. The number of anilines is 1. The summed E-state index contributed by atoms with van der Waals surface area (Å²) in [6.45, 7) is 10.3. The second-order valence-electron chi connectivity index (χ2n) is 7.53. The number of nitrogens with one attached hydrogen (secondary N) is 1. The Morgan fingerprint density at radius 3 is 2.66 bits per heavy atom. The smallest absolute Gasteiger partial charge is 0.350 e. The normalized spacial score (nSPS) is 11.0. The quantitative estimate of drug-likeness (QED) is 0.371. The first-order chi connectivity index (χ1) is 15.3. The van der Waals surface area contributed by atoms with Crippen LogP contribution in [0.1, 0.15) is 34.8 Å². The Kier molecular flexibility index (Phi) is 7.71. The van der Waals surface area contributed by atoms with Crippen molar-refractivity contribution in [2.45, 2.75) is 26.8 Å². The highest BCUT2D eigenvalue weighted by atomic mass is 32.1. The lowest BCUT2D eigenvalue weighted by Crippen LogP contribution is -2.24. The summed E-state index contributed by atoms with van der Waals surface area (Å²) in [6, 6.07) is 9.82. The summed E-state index contributed by atoms with van der Waals surface area (Å²) >= 11 is 1.16. The maximum atomic E-state index is 13.9. The summed E-state index contributed by atoms with van der Waals surface area (Å²) in [5, 5.41) is 3.41. The van der Waals surface area contributed by atoms with Gasteiger partial charge in [0.1, 0.15) is 15.5 Å². The second-order valence-corrected chi connectivity index (χ2v) is 8.53. The summed E-state index contributed by atoms with van der Waals surface area (Å²) in [5.41, 5.74) is 2.53. The number of hydrogen-bond acceptors (Lipinski definition) is 6. The van der Waals surface area contributed by atoms with Gasteiger partial charge in [-0.05, 0) is 37.2 Å². The highest BCUT2D eigenvalue weighted by Crippen LogP contribution is 2.35. The minimum absolute atomic E-state index is 0.150. The number of rotatable bonds is 9. The number of carbonyl (C=O) groups is 2. The largest absolute Gasteiger partial charge is 0.465 e. The predicted octanol–water partition coefficient (Wildman–Crippen LogP) is 4.80. The zero-order chi connectivity index (χ0) is 23.3. The molecule has 6 nitrogen and oxygen atoms in total. The molecule has 1 aromatic carbocycles. The van der Waals surface area contributed by atoms with Crippen molar-refractivity contribution in [2.24, 2.45) is 0 Å². The van der Waals surface area contributed by atoms with Crippen LogP contribution in [0.4, 0.5) is 10.1 Å². The number of amides is 1. The molecule has 0 atom stereocenters. The van der Waals surface area contributed by atoms with Crippen LogP contribution in [-0.2, 0) is 22.5 Å². The van der Waals surface area contributed by atoms with Crippen LogP contribution in [0.2, 0.25) is 0 Å². The van der Waals surface area contributed by atoms with E-state index in [1.54, 1.807) is 18.2 Å². The van der Waals surface area contributed by atoms with Gasteiger partial charge in [-0.1, -0.05) is 37.3 Å². The molecule has 8 heteroatoms. The molecule has 32 heavy (non-hydrogen) atoms. The summed E-state index contributed by atoms with van der Waals surface area (Å²) < 4.78 is 18.8. The van der Waals surface area contributed by atoms with Crippen molar-refractivity contribution in [3.05, 3.63) is 70.5 Å². The van der Waals surface area contributed by atoms with Gasteiger partial charge in [0.2, 0.25) is 5.91 Å². The van der Waals surface area contributed by atoms with Gasteiger partial charge in [-0.15, -0.1) is 11.3 Å². The lowest BCUT2D eigenvalue weighted by molar-refractivity contribution is -0.115. The highest BCUT2D eigenvalue weighted by Gasteiger charge is 2.22. The fourth-order valence-electron chi connectivity index (χ4n) is 3.35. The van der Waals surface area contributed by atoms with Gasteiger partial charge in [-0.3, -0.25) is 9.69 Å². The standard InChI is InChI=1S/C24H26FN3O3S/c1-5-28(13-15(2)3)14-17-10-11-18-21(22(24(30)31-4)32-23(18)26-17)27-20(29)12-16-8-6-7-9-19(16)25/h6-11H,2,5,12-14H2,1,3-4H3,(H,27,29). The molecule has 3 aromatic rings. The van der Waals surface area contributed by atoms with Gasteiger partial charge in [-0.2, -0.15) is 0 Å². The Balaban J connectivity index is 1.90. The summed E-state index contributed by atoms with van der Waals surface area (Å²) in [4.78, 5) is 32.8. The van der Waals surface area contributed by atoms with E-state index in [1.807, 2.05) is 19.1 Å². The molecule has 1 N–H and O–H groups in total. The Hall–Kier alpha value is -3.10. The van der Waals surface area contributed by atoms with Crippen molar-refractivity contribution in [3.8, 4) is 0 Å². The molecule has 0 saturated heterocycles. The van der Waals surface area contributed by atoms with Gasteiger partial charge >= 0.3 is 5.97 Å². The number of hydrogen-bond donors (Lipinski definition) is 1. The minimum Gasteiger partial charge on any atom is -0.465 e. The maximum absolute atomic E-state index is 13.9. The number of likely N-dealkylation sites (N-methyl/N-ethyl adjacent to an activating group) is 1. The number of esters is 1. The van der Waals surface area contributed by atoms with Gasteiger partial charge in [-0.25, -0.2) is 14.2 Å². The number of fused-ring (bicyclic) bond motifs is 1. The highest BCUT2D eigenvalue weighted by molar-refractivity contribution is 7.21. The lowest BCUT2D eigenvalue weighted by Gasteiger charge is -2.19. The van der Waals surface area contributed by atoms with Crippen LogP contribution < -0.4 is 5.32 Å². The minimum atomic E-state index is -0.562. The van der Waals surface area contributed by atoms with Gasteiger partial charge in [0, 0.05) is 18.5 Å². The van der Waals surface area contributed by atoms with E-state index in [0.29, 0.717) is 22.4 Å². The topological polar surface area (TPSA) is 71.5 Å². The van der Waals surface area contributed by atoms with E-state index in [9.17, 15) is 14.0 Å². The Morgan fingerprint density at radius 2 is 2.00 bits per heavy atom. The van der Waals surface area contributed by atoms with Gasteiger partial charge in [0.25, 0.3) is 0 Å². The summed E-state index contributed by atoms with van der Waals surface area (Å²) in [6.07, 6.45) is -0.150. The van der Waals surface area contributed by atoms with E-state index in [2.05, 4.69) is 23.7 Å². The van der Waals surface area contributed by atoms with Crippen LogP contribution in [0.15, 0.2) is 48.6 Å². The Morgan fingerprint density at radius 1 is 1.25 bits per heavy atom. The van der Waals surface area contributed by atoms with Crippen molar-refractivity contribution >= 4 is 39.1 Å². The third-order valence-electron chi connectivity index (χ3n) is 4.88. The number of benzene rings is 1. The molecular weight excluding hydrogens is 429 g/mol. The lowest BCUT2D eigenvalue weighted by atomic mass is 10.1. The summed E-state index contributed by atoms with van der Waals surface area (Å²) in [5.74, 6) is -1.44. The zero-order valence-electron chi connectivity index (χ0n) is 18.4. The van der Waals surface area contributed by atoms with Crippen LogP contribution in [0.5, 0.6) is 0 Å². The zero-order valence-corrected chi connectivity index (χ0v) is 19.2. The van der Waals surface area contributed by atoms with Crippen LogP contribution in [0, 0.1) is 5.82 Å². The fourth-order valence-corrected chi connectivity index (χ4v) is 4.42. The van der Waals surface area contributed by atoms with Crippen molar-refractivity contribution < 1.29 is 18.7 Å².